The molecular weight excluding hydrogens is 655 g/mol. The predicted octanol–water partition coefficient (Wildman–Crippen LogP) is 15.0. The fraction of sp³-hybridized carbons (Fsp3) is 0. The molecule has 0 bridgehead atoms. The van der Waals surface area contributed by atoms with Crippen LogP contribution in [0.1, 0.15) is 0 Å². The van der Waals surface area contributed by atoms with Crippen LogP contribution in [0.3, 0.4) is 0 Å². The first-order chi connectivity index (χ1) is 26.8. The molecule has 0 radical (unpaired) electrons. The molecule has 0 fully saturated rings. The normalized spacial score (nSPS) is 11.7. The Kier molecular flexibility index (Phi) is 6.90. The molecule has 1 heterocycles. The van der Waals surface area contributed by atoms with E-state index in [1.165, 1.54) is 48.8 Å². The van der Waals surface area contributed by atoms with Crippen LogP contribution in [0.5, 0.6) is 0 Å². The molecule has 0 atom stereocenters. The van der Waals surface area contributed by atoms with Gasteiger partial charge in [-0.2, -0.15) is 0 Å². The Morgan fingerprint density at radius 3 is 1.70 bits per heavy atom. The van der Waals surface area contributed by atoms with Crippen LogP contribution < -0.4 is 4.90 Å². The summed E-state index contributed by atoms with van der Waals surface area (Å²) in [5.74, 6) is 0. The van der Waals surface area contributed by atoms with Gasteiger partial charge in [0.2, 0.25) is 0 Å². The van der Waals surface area contributed by atoms with Crippen molar-refractivity contribution in [3.05, 3.63) is 200 Å². The standard InChI is InChI=1S/C52H33NO/c1-4-19-39-34(13-1)16-10-23-41(39)37-17-9-18-38(33-37)53(50-28-12-24-43-40-20-5-2-14-35(40)29-31-45(43)50)49-27-8-7-22-44(49)46-25-11-26-47-48-32-30-36-15-3-6-21-42(36)51(48)54-52(46)47/h1-33H. The third-order valence-corrected chi connectivity index (χ3v) is 11.0. The maximum Gasteiger partial charge on any atom is 0.143 e. The van der Waals surface area contributed by atoms with Crippen molar-refractivity contribution in [2.45, 2.75) is 0 Å². The molecule has 2 nitrogen and oxygen atoms in total. The summed E-state index contributed by atoms with van der Waals surface area (Å²) in [6, 6.07) is 72.3. The maximum absolute atomic E-state index is 6.92. The number of nitrogens with zero attached hydrogens (tertiary/aromatic N) is 1. The van der Waals surface area contributed by atoms with Crippen LogP contribution in [-0.2, 0) is 0 Å². The zero-order chi connectivity index (χ0) is 35.6. The van der Waals surface area contributed by atoms with Crippen molar-refractivity contribution in [3.63, 3.8) is 0 Å². The van der Waals surface area contributed by atoms with Crippen LogP contribution in [0, 0.1) is 0 Å². The van der Waals surface area contributed by atoms with Gasteiger partial charge in [0, 0.05) is 38.4 Å². The SMILES string of the molecule is c1cc(-c2cccc3ccccc23)cc(N(c2ccccc2-c2cccc3c2oc2c4ccccc4ccc32)c2cccc3c2ccc2ccccc23)c1. The number of para-hydroxylation sites is 2. The molecule has 0 aliphatic rings. The van der Waals surface area contributed by atoms with E-state index in [0.29, 0.717) is 0 Å². The van der Waals surface area contributed by atoms with E-state index in [0.717, 1.165) is 55.5 Å². The van der Waals surface area contributed by atoms with Gasteiger partial charge >= 0.3 is 0 Å². The van der Waals surface area contributed by atoms with E-state index >= 15 is 0 Å². The third-order valence-electron chi connectivity index (χ3n) is 11.0. The number of furan rings is 1. The van der Waals surface area contributed by atoms with Gasteiger partial charge in [0.25, 0.3) is 0 Å². The molecule has 0 spiro atoms. The van der Waals surface area contributed by atoms with Gasteiger partial charge in [-0.25, -0.2) is 0 Å². The number of anilines is 3. The van der Waals surface area contributed by atoms with Crippen molar-refractivity contribution in [2.75, 3.05) is 4.90 Å². The van der Waals surface area contributed by atoms with Crippen molar-refractivity contribution in [1.82, 2.24) is 0 Å². The predicted molar refractivity (Wildman–Crippen MR) is 229 cm³/mol. The summed E-state index contributed by atoms with van der Waals surface area (Å²) in [4.78, 5) is 2.44. The smallest absolute Gasteiger partial charge is 0.143 e. The Balaban J connectivity index is 1.19. The molecular formula is C52H33NO. The molecule has 0 saturated heterocycles. The van der Waals surface area contributed by atoms with Gasteiger partial charge in [-0.3, -0.25) is 0 Å². The van der Waals surface area contributed by atoms with E-state index in [4.69, 9.17) is 4.42 Å². The second kappa shape index (κ2) is 12.2. The molecule has 0 saturated carbocycles. The number of fused-ring (bicyclic) bond motifs is 9. The minimum absolute atomic E-state index is 0.893. The highest BCUT2D eigenvalue weighted by atomic mass is 16.3. The van der Waals surface area contributed by atoms with Gasteiger partial charge in [-0.15, -0.1) is 0 Å². The maximum atomic E-state index is 6.92. The molecule has 11 aromatic rings. The Hall–Kier alpha value is -7.16. The number of benzene rings is 10. The topological polar surface area (TPSA) is 16.4 Å². The molecule has 0 aliphatic heterocycles. The van der Waals surface area contributed by atoms with Crippen molar-refractivity contribution in [1.29, 1.82) is 0 Å². The minimum atomic E-state index is 0.893. The Morgan fingerprint density at radius 2 is 0.833 bits per heavy atom. The molecule has 0 aliphatic carbocycles. The Bertz CT molecular complexity index is 3240. The van der Waals surface area contributed by atoms with E-state index in [9.17, 15) is 0 Å². The van der Waals surface area contributed by atoms with Gasteiger partial charge in [0.15, 0.2) is 0 Å². The van der Waals surface area contributed by atoms with Crippen LogP contribution >= 0.6 is 0 Å². The summed E-state index contributed by atoms with van der Waals surface area (Å²) >= 11 is 0. The zero-order valence-corrected chi connectivity index (χ0v) is 29.4. The van der Waals surface area contributed by atoms with Crippen LogP contribution in [0.4, 0.5) is 17.1 Å². The monoisotopic (exact) mass is 687 g/mol. The molecule has 54 heavy (non-hydrogen) atoms. The highest BCUT2D eigenvalue weighted by molar-refractivity contribution is 6.18. The molecule has 11 rings (SSSR count). The summed E-state index contributed by atoms with van der Waals surface area (Å²) in [5.41, 5.74) is 9.63. The summed E-state index contributed by atoms with van der Waals surface area (Å²) in [6.45, 7) is 0. The lowest BCUT2D eigenvalue weighted by Gasteiger charge is -2.29. The summed E-state index contributed by atoms with van der Waals surface area (Å²) in [5, 5.41) is 11.9. The molecule has 2 heteroatoms. The molecule has 0 unspecified atom stereocenters. The second-order valence-corrected chi connectivity index (χ2v) is 14.0. The third kappa shape index (κ3) is 4.74. The van der Waals surface area contributed by atoms with E-state index in [1.807, 2.05) is 0 Å². The lowest BCUT2D eigenvalue weighted by molar-refractivity contribution is 0.674. The summed E-state index contributed by atoms with van der Waals surface area (Å²) < 4.78 is 6.92. The fourth-order valence-electron chi connectivity index (χ4n) is 8.55. The average molecular weight is 688 g/mol. The second-order valence-electron chi connectivity index (χ2n) is 14.0. The largest absolute Gasteiger partial charge is 0.455 e. The lowest BCUT2D eigenvalue weighted by atomic mass is 9.96. The lowest BCUT2D eigenvalue weighted by Crippen LogP contribution is -2.12. The van der Waals surface area contributed by atoms with Crippen molar-refractivity contribution in [2.24, 2.45) is 0 Å². The van der Waals surface area contributed by atoms with Crippen molar-refractivity contribution >= 4 is 82.1 Å². The van der Waals surface area contributed by atoms with Gasteiger partial charge < -0.3 is 9.32 Å². The quantitative estimate of drug-likeness (QED) is 0.168. The number of rotatable bonds is 5. The van der Waals surface area contributed by atoms with Crippen LogP contribution in [0.2, 0.25) is 0 Å². The molecule has 252 valence electrons. The van der Waals surface area contributed by atoms with E-state index in [2.05, 4.69) is 205 Å². The van der Waals surface area contributed by atoms with Gasteiger partial charge in [-0.1, -0.05) is 170 Å². The highest BCUT2D eigenvalue weighted by Crippen LogP contribution is 2.47. The Morgan fingerprint density at radius 1 is 0.296 bits per heavy atom. The zero-order valence-electron chi connectivity index (χ0n) is 29.4. The van der Waals surface area contributed by atoms with Gasteiger partial charge in [0.05, 0.1) is 11.4 Å². The van der Waals surface area contributed by atoms with Crippen molar-refractivity contribution in [3.8, 4) is 22.3 Å². The van der Waals surface area contributed by atoms with Gasteiger partial charge in [-0.05, 0) is 73.8 Å². The fourth-order valence-corrected chi connectivity index (χ4v) is 8.55. The first-order valence-electron chi connectivity index (χ1n) is 18.5. The molecule has 0 N–H and O–H groups in total. The van der Waals surface area contributed by atoms with Crippen LogP contribution in [0.15, 0.2) is 205 Å². The first kappa shape index (κ1) is 30.5. The summed E-state index contributed by atoms with van der Waals surface area (Å²) in [7, 11) is 0. The minimum Gasteiger partial charge on any atom is -0.455 e. The summed E-state index contributed by atoms with van der Waals surface area (Å²) in [6.07, 6.45) is 0. The highest BCUT2D eigenvalue weighted by Gasteiger charge is 2.23. The van der Waals surface area contributed by atoms with E-state index in [-0.39, 0.29) is 0 Å². The van der Waals surface area contributed by atoms with E-state index < -0.39 is 0 Å². The van der Waals surface area contributed by atoms with E-state index in [1.54, 1.807) is 0 Å². The number of hydrogen-bond donors (Lipinski definition) is 0. The van der Waals surface area contributed by atoms with Gasteiger partial charge in [0.1, 0.15) is 11.2 Å². The Labute approximate surface area is 312 Å². The number of hydrogen-bond acceptors (Lipinski definition) is 2. The first-order valence-corrected chi connectivity index (χ1v) is 18.5. The van der Waals surface area contributed by atoms with Crippen LogP contribution in [-0.4, -0.2) is 0 Å². The van der Waals surface area contributed by atoms with Crippen LogP contribution in [0.25, 0.3) is 87.3 Å². The van der Waals surface area contributed by atoms with Crippen molar-refractivity contribution < 1.29 is 4.42 Å². The average Bonchev–Trinajstić information content (AvgIpc) is 3.64. The molecule has 1 aromatic heterocycles. The molecule has 10 aromatic carbocycles. The molecule has 0 amide bonds.